The predicted octanol–water partition coefficient (Wildman–Crippen LogP) is 2.91. The largest absolute Gasteiger partial charge is 0.507 e. The third-order valence-electron chi connectivity index (χ3n) is 6.04. The molecule has 2 atom stereocenters. The second kappa shape index (κ2) is 10.1. The van der Waals surface area contributed by atoms with Crippen molar-refractivity contribution >= 4 is 41.3 Å². The van der Waals surface area contributed by atoms with Crippen LogP contribution in [0.3, 0.4) is 0 Å². The van der Waals surface area contributed by atoms with E-state index in [0.29, 0.717) is 44.0 Å². The number of carbonyl (C=O) groups excluding carboxylic acids is 3. The number of carbonyl (C=O) groups is 3. The van der Waals surface area contributed by atoms with E-state index in [2.05, 4.69) is 15.3 Å². The van der Waals surface area contributed by atoms with Gasteiger partial charge in [-0.25, -0.2) is 19.6 Å². The maximum absolute atomic E-state index is 14.2. The van der Waals surface area contributed by atoms with E-state index in [1.165, 1.54) is 18.3 Å². The molecule has 2 fully saturated rings. The summed E-state index contributed by atoms with van der Waals surface area (Å²) in [6.07, 6.45) is -1.42. The summed E-state index contributed by atoms with van der Waals surface area (Å²) in [5.41, 5.74) is -2.44. The van der Waals surface area contributed by atoms with Crippen LogP contribution in [0.1, 0.15) is 29.8 Å². The first-order valence-electron chi connectivity index (χ1n) is 11.0. The number of benzene rings is 1. The SMILES string of the molecule is CC1(C(F)(F)F)C(=O)N(c2cnc(C3COCCN3)cn2)C(=O)N1C(=O)/C=C/c1ccc(CCl)cc1O. The summed E-state index contributed by atoms with van der Waals surface area (Å²) >= 11 is 5.69. The lowest BCUT2D eigenvalue weighted by atomic mass is 9.99. The molecule has 196 valence electrons. The van der Waals surface area contributed by atoms with Gasteiger partial charge in [-0.1, -0.05) is 12.1 Å². The first kappa shape index (κ1) is 26.5. The molecule has 4 amide bonds. The van der Waals surface area contributed by atoms with Crippen molar-refractivity contribution in [2.45, 2.75) is 30.6 Å². The molecule has 0 aliphatic carbocycles. The molecule has 0 saturated carbocycles. The lowest BCUT2D eigenvalue weighted by molar-refractivity contribution is -0.209. The lowest BCUT2D eigenvalue weighted by Gasteiger charge is -2.31. The van der Waals surface area contributed by atoms with E-state index in [4.69, 9.17) is 16.3 Å². The van der Waals surface area contributed by atoms with Crippen LogP contribution in [0.5, 0.6) is 5.75 Å². The number of halogens is 4. The minimum Gasteiger partial charge on any atom is -0.507 e. The first-order valence-corrected chi connectivity index (χ1v) is 11.5. The zero-order valence-corrected chi connectivity index (χ0v) is 20.1. The number of alkyl halides is 4. The van der Waals surface area contributed by atoms with Gasteiger partial charge in [0.15, 0.2) is 5.82 Å². The van der Waals surface area contributed by atoms with Crippen molar-refractivity contribution in [2.75, 3.05) is 24.7 Å². The van der Waals surface area contributed by atoms with Crippen LogP contribution in [-0.4, -0.2) is 69.3 Å². The van der Waals surface area contributed by atoms with Crippen molar-refractivity contribution in [3.63, 3.8) is 0 Å². The molecular weight excluding hydrogens is 519 g/mol. The summed E-state index contributed by atoms with van der Waals surface area (Å²) in [5, 5.41) is 13.2. The average molecular weight is 540 g/mol. The molecule has 0 radical (unpaired) electrons. The number of nitrogens with one attached hydrogen (secondary N) is 1. The summed E-state index contributed by atoms with van der Waals surface area (Å²) in [4.78, 5) is 47.0. The van der Waals surface area contributed by atoms with Crippen molar-refractivity contribution in [3.05, 3.63) is 53.5 Å². The number of phenolic OH excluding ortho intramolecular Hbond substituents is 1. The Morgan fingerprint density at radius 1 is 1.32 bits per heavy atom. The van der Waals surface area contributed by atoms with Crippen LogP contribution in [0.25, 0.3) is 6.08 Å². The molecule has 1 aromatic carbocycles. The Balaban J connectivity index is 1.65. The summed E-state index contributed by atoms with van der Waals surface area (Å²) in [6.45, 7) is 1.79. The van der Waals surface area contributed by atoms with Gasteiger partial charge >= 0.3 is 12.2 Å². The second-order valence-corrected chi connectivity index (χ2v) is 8.68. The van der Waals surface area contributed by atoms with Gasteiger partial charge in [-0.2, -0.15) is 13.2 Å². The van der Waals surface area contributed by atoms with Crippen LogP contribution in [0, 0.1) is 0 Å². The lowest BCUT2D eigenvalue weighted by Crippen LogP contribution is -2.59. The predicted molar refractivity (Wildman–Crippen MR) is 124 cm³/mol. The Hall–Kier alpha value is -3.55. The standard InChI is InChI=1S/C23H21ClF3N5O5/c1-22(23(25,26)27)20(35)31(18-11-29-15(10-30-18)16-12-37-7-6-28-16)21(36)32(22)19(34)5-4-14-3-2-13(9-24)8-17(14)33/h2-5,8,10-11,16,28,33H,6-7,9,12H2,1H3/b5-4+. The van der Waals surface area contributed by atoms with Crippen molar-refractivity contribution in [1.82, 2.24) is 20.2 Å². The van der Waals surface area contributed by atoms with Gasteiger partial charge in [-0.05, 0) is 24.6 Å². The average Bonchev–Trinajstić information content (AvgIpc) is 3.09. The Kier molecular flexibility index (Phi) is 7.22. The Bertz CT molecular complexity index is 1250. The van der Waals surface area contributed by atoms with Gasteiger partial charge in [0.2, 0.25) is 5.54 Å². The van der Waals surface area contributed by atoms with Crippen molar-refractivity contribution in [1.29, 1.82) is 0 Å². The van der Waals surface area contributed by atoms with E-state index in [-0.39, 0.29) is 33.0 Å². The third kappa shape index (κ3) is 4.77. The molecule has 14 heteroatoms. The molecule has 2 aromatic rings. The molecule has 2 saturated heterocycles. The molecule has 2 aliphatic heterocycles. The fourth-order valence-electron chi connectivity index (χ4n) is 3.89. The van der Waals surface area contributed by atoms with Crippen LogP contribution in [-0.2, 0) is 20.2 Å². The van der Waals surface area contributed by atoms with Crippen LogP contribution >= 0.6 is 11.6 Å². The summed E-state index contributed by atoms with van der Waals surface area (Å²) < 4.78 is 47.8. The normalized spacial score (nSPS) is 22.8. The number of morpholine rings is 1. The summed E-state index contributed by atoms with van der Waals surface area (Å²) in [5.74, 6) is -3.77. The minimum absolute atomic E-state index is 0.0903. The Labute approximate surface area is 213 Å². The maximum Gasteiger partial charge on any atom is 0.421 e. The van der Waals surface area contributed by atoms with Gasteiger partial charge in [0.25, 0.3) is 11.8 Å². The molecule has 2 unspecified atom stereocenters. The van der Waals surface area contributed by atoms with E-state index in [9.17, 15) is 32.7 Å². The number of hydrogen-bond donors (Lipinski definition) is 2. The molecule has 4 rings (SSSR count). The highest BCUT2D eigenvalue weighted by molar-refractivity contribution is 6.28. The van der Waals surface area contributed by atoms with Crippen molar-refractivity contribution in [2.24, 2.45) is 0 Å². The smallest absolute Gasteiger partial charge is 0.421 e. The summed E-state index contributed by atoms with van der Waals surface area (Å²) in [6, 6.07) is 2.40. The number of ether oxygens (including phenoxy) is 1. The Morgan fingerprint density at radius 2 is 2.08 bits per heavy atom. The fourth-order valence-corrected chi connectivity index (χ4v) is 4.05. The van der Waals surface area contributed by atoms with Gasteiger partial charge in [0, 0.05) is 24.1 Å². The van der Waals surface area contributed by atoms with Gasteiger partial charge in [-0.15, -0.1) is 11.6 Å². The molecule has 2 aliphatic rings. The van der Waals surface area contributed by atoms with Crippen LogP contribution in [0.4, 0.5) is 23.8 Å². The van der Waals surface area contributed by atoms with Gasteiger partial charge in [-0.3, -0.25) is 14.6 Å². The van der Waals surface area contributed by atoms with Gasteiger partial charge < -0.3 is 15.2 Å². The number of nitrogens with zero attached hydrogens (tertiary/aromatic N) is 4. The molecular formula is C23H21ClF3N5O5. The maximum atomic E-state index is 14.2. The highest BCUT2D eigenvalue weighted by Gasteiger charge is 2.71. The van der Waals surface area contributed by atoms with Crippen LogP contribution < -0.4 is 10.2 Å². The number of aromatic hydroxyl groups is 1. The minimum atomic E-state index is -5.31. The summed E-state index contributed by atoms with van der Waals surface area (Å²) in [7, 11) is 0. The number of phenols is 1. The second-order valence-electron chi connectivity index (χ2n) is 8.41. The highest BCUT2D eigenvalue weighted by atomic mass is 35.5. The molecule has 10 nitrogen and oxygen atoms in total. The van der Waals surface area contributed by atoms with Crippen molar-refractivity contribution < 1.29 is 37.4 Å². The van der Waals surface area contributed by atoms with Gasteiger partial charge in [0.05, 0.1) is 37.3 Å². The monoisotopic (exact) mass is 539 g/mol. The Morgan fingerprint density at radius 3 is 2.65 bits per heavy atom. The molecule has 37 heavy (non-hydrogen) atoms. The fraction of sp³-hybridized carbons (Fsp3) is 0.348. The molecule has 1 aromatic heterocycles. The molecule has 2 N–H and O–H groups in total. The number of amides is 4. The van der Waals surface area contributed by atoms with E-state index in [1.807, 2.05) is 0 Å². The quantitative estimate of drug-likeness (QED) is 0.338. The number of anilines is 1. The molecule has 3 heterocycles. The van der Waals surface area contributed by atoms with E-state index < -0.39 is 35.4 Å². The topological polar surface area (TPSA) is 125 Å². The van der Waals surface area contributed by atoms with E-state index >= 15 is 0 Å². The van der Waals surface area contributed by atoms with E-state index in [0.717, 1.165) is 12.3 Å². The van der Waals surface area contributed by atoms with E-state index in [1.54, 1.807) is 6.07 Å². The number of rotatable bonds is 5. The third-order valence-corrected chi connectivity index (χ3v) is 6.35. The van der Waals surface area contributed by atoms with Crippen LogP contribution in [0.2, 0.25) is 0 Å². The molecule has 0 bridgehead atoms. The number of hydrogen-bond acceptors (Lipinski definition) is 8. The number of aromatic nitrogens is 2. The zero-order valence-electron chi connectivity index (χ0n) is 19.3. The van der Waals surface area contributed by atoms with Crippen molar-refractivity contribution in [3.8, 4) is 5.75 Å². The highest BCUT2D eigenvalue weighted by Crippen LogP contribution is 2.43. The number of imide groups is 2. The van der Waals surface area contributed by atoms with Gasteiger partial charge in [0.1, 0.15) is 5.75 Å². The molecule has 0 spiro atoms. The number of urea groups is 1. The first-order chi connectivity index (χ1) is 17.5. The van der Waals surface area contributed by atoms with Crippen LogP contribution in [0.15, 0.2) is 36.7 Å². The zero-order chi connectivity index (χ0) is 27.0.